The number of Topliss-reactive ketones (excluding diaryl/α,β-unsaturated/α-hetero) is 1. The first-order chi connectivity index (χ1) is 19.2. The number of aromatic hydroxyl groups is 1. The summed E-state index contributed by atoms with van der Waals surface area (Å²) in [5.41, 5.74) is 6.37. The van der Waals surface area contributed by atoms with Crippen LogP contribution in [-0.4, -0.2) is 17.1 Å². The molecule has 0 spiro atoms. The normalized spacial score (nSPS) is 9.85. The molecule has 0 atom stereocenters. The van der Waals surface area contributed by atoms with E-state index in [1.165, 1.54) is 15.4 Å². The first-order valence-corrected chi connectivity index (χ1v) is 15.4. The summed E-state index contributed by atoms with van der Waals surface area (Å²) in [6.07, 6.45) is 5.29. The molecule has 218 valence electrons. The van der Waals surface area contributed by atoms with Gasteiger partial charge in [0.05, 0.1) is 0 Å². The molecule has 0 fully saturated rings. The van der Waals surface area contributed by atoms with E-state index in [2.05, 4.69) is 58.7 Å². The summed E-state index contributed by atoms with van der Waals surface area (Å²) in [6, 6.07) is 23.6. The number of thiol groups is 1. The number of carbonyl (C=O) groups excluding carboxylic acids is 1. The van der Waals surface area contributed by atoms with E-state index in [4.69, 9.17) is 5.11 Å². The van der Waals surface area contributed by atoms with E-state index in [0.29, 0.717) is 5.75 Å². The van der Waals surface area contributed by atoms with Crippen molar-refractivity contribution < 1.29 is 9.90 Å². The van der Waals surface area contributed by atoms with Crippen molar-refractivity contribution in [2.24, 2.45) is 0 Å². The minimum absolute atomic E-state index is 0.106. The van der Waals surface area contributed by atoms with Gasteiger partial charge < -0.3 is 5.11 Å². The minimum atomic E-state index is 0.106. The number of phenols is 1. The Bertz CT molecular complexity index is 1180. The SMILES string of the molecule is C=C(/C(C)=C(/CC)Sc1ccc(C(C)=O)cc1C)c1ccccc1.C=CC.CC.CCc1ccccc1O.CS. The van der Waals surface area contributed by atoms with Gasteiger partial charge >= 0.3 is 0 Å². The predicted molar refractivity (Wildman–Crippen MR) is 185 cm³/mol. The molecule has 0 saturated heterocycles. The van der Waals surface area contributed by atoms with Crippen LogP contribution in [0.5, 0.6) is 5.75 Å². The number of allylic oxidation sites excluding steroid dienone is 4. The number of benzene rings is 3. The standard InChI is InChI=1S/C22H24OS.C8H10O.C3H6.C2H6.CH4S/c1-6-21(17(4)16(3)19-10-8-7-9-11-19)24-22-13-12-20(18(5)23)14-15(22)2;1-2-7-5-3-4-6-8(7)9;1-3-2;2*1-2/h7-14H,3,6H2,1-2,4-5H3;3-6,9H,2H2,1H3;3H,1H2,2H3;1-2H3;2H,1H3/b21-17-;;;;. The van der Waals surface area contributed by atoms with Crippen molar-refractivity contribution in [2.75, 3.05) is 6.26 Å². The summed E-state index contributed by atoms with van der Waals surface area (Å²) < 4.78 is 0. The van der Waals surface area contributed by atoms with Gasteiger partial charge in [-0.25, -0.2) is 0 Å². The summed E-state index contributed by atoms with van der Waals surface area (Å²) in [5.74, 6) is 0.509. The molecule has 3 aromatic carbocycles. The van der Waals surface area contributed by atoms with E-state index < -0.39 is 0 Å². The number of hydrogen-bond donors (Lipinski definition) is 2. The molecule has 2 nitrogen and oxygen atoms in total. The van der Waals surface area contributed by atoms with Gasteiger partial charge in [0.2, 0.25) is 0 Å². The Hall–Kier alpha value is -2.95. The summed E-state index contributed by atoms with van der Waals surface area (Å²) in [7, 11) is 0. The van der Waals surface area contributed by atoms with Crippen molar-refractivity contribution in [3.05, 3.63) is 125 Å². The van der Waals surface area contributed by atoms with E-state index in [1.807, 2.05) is 82.3 Å². The van der Waals surface area contributed by atoms with Crippen LogP contribution >= 0.6 is 24.4 Å². The van der Waals surface area contributed by atoms with E-state index in [9.17, 15) is 4.79 Å². The van der Waals surface area contributed by atoms with Crippen molar-refractivity contribution in [1.82, 2.24) is 0 Å². The maximum Gasteiger partial charge on any atom is 0.159 e. The number of aryl methyl sites for hydroxylation is 2. The highest BCUT2D eigenvalue weighted by Gasteiger charge is 2.11. The number of thioether (sulfide) groups is 1. The van der Waals surface area contributed by atoms with E-state index in [1.54, 1.807) is 37.1 Å². The van der Waals surface area contributed by atoms with Crippen molar-refractivity contribution in [1.29, 1.82) is 0 Å². The number of rotatable bonds is 7. The first-order valence-electron chi connectivity index (χ1n) is 13.7. The second-order valence-electron chi connectivity index (χ2n) is 8.28. The fraction of sp³-hybridized carbons (Fsp3) is 0.306. The molecule has 0 radical (unpaired) electrons. The van der Waals surface area contributed by atoms with Crippen LogP contribution in [0.1, 0.15) is 81.9 Å². The summed E-state index contributed by atoms with van der Waals surface area (Å²) >= 11 is 5.30. The van der Waals surface area contributed by atoms with Gasteiger partial charge in [-0.05, 0) is 97.7 Å². The maximum absolute atomic E-state index is 11.5. The van der Waals surface area contributed by atoms with E-state index in [-0.39, 0.29) is 5.78 Å². The van der Waals surface area contributed by atoms with Crippen LogP contribution in [0, 0.1) is 6.92 Å². The van der Waals surface area contributed by atoms with Gasteiger partial charge in [-0.15, -0.1) is 6.58 Å². The maximum atomic E-state index is 11.5. The van der Waals surface area contributed by atoms with Crippen LogP contribution in [0.25, 0.3) is 5.57 Å². The molecule has 4 heteroatoms. The Balaban J connectivity index is 0. The number of carbonyl (C=O) groups is 1. The van der Waals surface area contributed by atoms with Gasteiger partial charge in [0.15, 0.2) is 5.78 Å². The highest BCUT2D eigenvalue weighted by molar-refractivity contribution is 8.03. The largest absolute Gasteiger partial charge is 0.508 e. The number of para-hydroxylation sites is 1. The van der Waals surface area contributed by atoms with Gasteiger partial charge in [-0.1, -0.05) is 107 Å². The lowest BCUT2D eigenvalue weighted by atomic mass is 10.00. The van der Waals surface area contributed by atoms with Gasteiger partial charge in [0.25, 0.3) is 0 Å². The highest BCUT2D eigenvalue weighted by atomic mass is 32.2. The topological polar surface area (TPSA) is 37.3 Å². The second kappa shape index (κ2) is 23.9. The Morgan fingerprint density at radius 2 is 1.45 bits per heavy atom. The van der Waals surface area contributed by atoms with Crippen LogP contribution in [-0.2, 0) is 6.42 Å². The minimum Gasteiger partial charge on any atom is -0.508 e. The molecule has 40 heavy (non-hydrogen) atoms. The molecule has 0 bridgehead atoms. The lowest BCUT2D eigenvalue weighted by Crippen LogP contribution is -1.94. The van der Waals surface area contributed by atoms with Gasteiger partial charge in [0.1, 0.15) is 5.75 Å². The predicted octanol–water partition coefficient (Wildman–Crippen LogP) is 11.4. The third kappa shape index (κ3) is 14.4. The quantitative estimate of drug-likeness (QED) is 0.0962. The zero-order valence-electron chi connectivity index (χ0n) is 26.0. The Labute approximate surface area is 254 Å². The second-order valence-corrected chi connectivity index (χ2v) is 9.41. The van der Waals surface area contributed by atoms with Crippen LogP contribution in [0.4, 0.5) is 0 Å². The molecule has 0 unspecified atom stereocenters. The molecular weight excluding hydrogens is 529 g/mol. The molecule has 0 aliphatic heterocycles. The molecule has 0 amide bonds. The molecule has 3 aromatic rings. The van der Waals surface area contributed by atoms with E-state index in [0.717, 1.165) is 40.7 Å². The van der Waals surface area contributed by atoms with Crippen molar-refractivity contribution in [2.45, 2.75) is 73.1 Å². The zero-order valence-corrected chi connectivity index (χ0v) is 27.8. The average molecular weight is 579 g/mol. The first kappa shape index (κ1) is 39.2. The van der Waals surface area contributed by atoms with Crippen molar-refractivity contribution in [3.8, 4) is 5.75 Å². The Morgan fingerprint density at radius 3 is 1.88 bits per heavy atom. The zero-order chi connectivity index (χ0) is 31.1. The molecule has 0 heterocycles. The monoisotopic (exact) mass is 578 g/mol. The van der Waals surface area contributed by atoms with Crippen molar-refractivity contribution in [3.63, 3.8) is 0 Å². The van der Waals surface area contributed by atoms with Gasteiger partial charge in [-0.2, -0.15) is 12.6 Å². The number of ketones is 1. The van der Waals surface area contributed by atoms with Crippen molar-refractivity contribution >= 4 is 35.7 Å². The van der Waals surface area contributed by atoms with Crippen LogP contribution in [0.3, 0.4) is 0 Å². The molecule has 0 aliphatic carbocycles. The Morgan fingerprint density at radius 1 is 0.925 bits per heavy atom. The molecule has 0 aliphatic rings. The third-order valence-corrected chi connectivity index (χ3v) is 7.02. The van der Waals surface area contributed by atoms with Gasteiger partial charge in [-0.3, -0.25) is 4.79 Å². The van der Waals surface area contributed by atoms with Crippen LogP contribution < -0.4 is 0 Å². The molecule has 0 aromatic heterocycles. The molecule has 0 saturated carbocycles. The smallest absolute Gasteiger partial charge is 0.159 e. The lowest BCUT2D eigenvalue weighted by Gasteiger charge is -2.15. The highest BCUT2D eigenvalue weighted by Crippen LogP contribution is 2.37. The molecular formula is C36H50O2S2. The third-order valence-electron chi connectivity index (χ3n) is 5.50. The lowest BCUT2D eigenvalue weighted by molar-refractivity contribution is 0.101. The van der Waals surface area contributed by atoms with Crippen LogP contribution in [0.15, 0.2) is 107 Å². The summed E-state index contributed by atoms with van der Waals surface area (Å²) in [5, 5.41) is 9.11. The van der Waals surface area contributed by atoms with E-state index >= 15 is 0 Å². The van der Waals surface area contributed by atoms with Gasteiger partial charge in [0, 0.05) is 10.5 Å². The number of phenolic OH excluding ortho intramolecular Hbond substituents is 1. The molecule has 1 N–H and O–H groups in total. The van der Waals surface area contributed by atoms with Crippen LogP contribution in [0.2, 0.25) is 0 Å². The number of hydrogen-bond acceptors (Lipinski definition) is 4. The average Bonchev–Trinajstić information content (AvgIpc) is 2.99. The Kier molecular flexibility index (Phi) is 23.4. The fourth-order valence-electron chi connectivity index (χ4n) is 3.36. The molecule has 3 rings (SSSR count). The summed E-state index contributed by atoms with van der Waals surface area (Å²) in [4.78, 5) is 14.0. The fourth-order valence-corrected chi connectivity index (χ4v) is 4.41. The summed E-state index contributed by atoms with van der Waals surface area (Å²) in [6.45, 7) is 23.5.